The van der Waals surface area contributed by atoms with Gasteiger partial charge >= 0.3 is 6.03 Å². The molecule has 26 heavy (non-hydrogen) atoms. The normalized spacial score (nSPS) is 23.0. The van der Waals surface area contributed by atoms with Crippen LogP contribution in [0.2, 0.25) is 0 Å². The monoisotopic (exact) mass is 351 g/mol. The SMILES string of the molecule is CC(C)N1C(=O)NC(=O)[C@]2(Cc3c(ccc4ccccc34)N(C)C2)C1=O. The second-order valence-electron chi connectivity index (χ2n) is 7.43. The minimum Gasteiger partial charge on any atom is -0.373 e. The molecule has 2 aromatic rings. The molecular weight excluding hydrogens is 330 g/mol. The number of nitrogens with zero attached hydrogens (tertiary/aromatic N) is 2. The molecule has 0 unspecified atom stereocenters. The Morgan fingerprint density at radius 2 is 1.81 bits per heavy atom. The molecule has 1 N–H and O–H groups in total. The lowest BCUT2D eigenvalue weighted by Crippen LogP contribution is -2.69. The van der Waals surface area contributed by atoms with E-state index in [1.807, 2.05) is 42.3 Å². The molecule has 2 aliphatic rings. The number of hydrogen-bond donors (Lipinski definition) is 1. The van der Waals surface area contributed by atoms with Gasteiger partial charge in [0.05, 0.1) is 0 Å². The van der Waals surface area contributed by atoms with Crippen molar-refractivity contribution in [3.8, 4) is 0 Å². The van der Waals surface area contributed by atoms with Crippen LogP contribution in [0.5, 0.6) is 0 Å². The molecule has 134 valence electrons. The van der Waals surface area contributed by atoms with Crippen LogP contribution in [0, 0.1) is 5.41 Å². The fraction of sp³-hybridized carbons (Fsp3) is 0.350. The highest BCUT2D eigenvalue weighted by atomic mass is 16.2. The first-order valence-electron chi connectivity index (χ1n) is 8.76. The average Bonchev–Trinajstić information content (AvgIpc) is 2.59. The van der Waals surface area contributed by atoms with E-state index in [4.69, 9.17) is 0 Å². The van der Waals surface area contributed by atoms with E-state index in [0.29, 0.717) is 0 Å². The van der Waals surface area contributed by atoms with Crippen LogP contribution in [0.25, 0.3) is 10.8 Å². The lowest BCUT2D eigenvalue weighted by Gasteiger charge is -2.46. The number of urea groups is 1. The van der Waals surface area contributed by atoms with Gasteiger partial charge in [-0.05, 0) is 36.2 Å². The number of imide groups is 2. The van der Waals surface area contributed by atoms with Crippen LogP contribution in [-0.2, 0) is 16.0 Å². The summed E-state index contributed by atoms with van der Waals surface area (Å²) in [5.41, 5.74) is 0.700. The van der Waals surface area contributed by atoms with Crippen molar-refractivity contribution in [2.75, 3.05) is 18.5 Å². The second-order valence-corrected chi connectivity index (χ2v) is 7.43. The molecule has 2 aromatic carbocycles. The Morgan fingerprint density at radius 3 is 2.54 bits per heavy atom. The van der Waals surface area contributed by atoms with Crippen molar-refractivity contribution in [2.45, 2.75) is 26.3 Å². The smallest absolute Gasteiger partial charge is 0.331 e. The molecule has 0 saturated carbocycles. The maximum absolute atomic E-state index is 13.3. The largest absolute Gasteiger partial charge is 0.373 e. The van der Waals surface area contributed by atoms with Gasteiger partial charge in [-0.15, -0.1) is 0 Å². The van der Waals surface area contributed by atoms with Crippen LogP contribution in [0.3, 0.4) is 0 Å². The average molecular weight is 351 g/mol. The molecule has 4 rings (SSSR count). The van der Waals surface area contributed by atoms with Crippen molar-refractivity contribution in [1.29, 1.82) is 0 Å². The Labute approximate surface area is 151 Å². The van der Waals surface area contributed by atoms with Crippen molar-refractivity contribution in [3.05, 3.63) is 42.0 Å². The first kappa shape index (κ1) is 16.6. The van der Waals surface area contributed by atoms with E-state index in [9.17, 15) is 14.4 Å². The minimum atomic E-state index is -1.29. The van der Waals surface area contributed by atoms with E-state index in [1.165, 1.54) is 4.90 Å². The molecule has 1 spiro atoms. The summed E-state index contributed by atoms with van der Waals surface area (Å²) in [5, 5.41) is 4.50. The summed E-state index contributed by atoms with van der Waals surface area (Å²) in [4.78, 5) is 41.4. The zero-order valence-electron chi connectivity index (χ0n) is 15.1. The Hall–Kier alpha value is -2.89. The van der Waals surface area contributed by atoms with Gasteiger partial charge in [-0.1, -0.05) is 30.3 Å². The van der Waals surface area contributed by atoms with Crippen molar-refractivity contribution >= 4 is 34.3 Å². The third kappa shape index (κ3) is 2.14. The number of rotatable bonds is 1. The molecule has 1 atom stereocenters. The van der Waals surface area contributed by atoms with Crippen LogP contribution in [0.4, 0.5) is 10.5 Å². The van der Waals surface area contributed by atoms with Gasteiger partial charge in [-0.3, -0.25) is 19.8 Å². The quantitative estimate of drug-likeness (QED) is 0.801. The van der Waals surface area contributed by atoms with Gasteiger partial charge in [0, 0.05) is 31.7 Å². The van der Waals surface area contributed by atoms with Crippen LogP contribution >= 0.6 is 0 Å². The van der Waals surface area contributed by atoms with Crippen molar-refractivity contribution in [3.63, 3.8) is 0 Å². The van der Waals surface area contributed by atoms with Crippen molar-refractivity contribution in [2.24, 2.45) is 5.41 Å². The number of carbonyl (C=O) groups is 3. The van der Waals surface area contributed by atoms with Crippen LogP contribution in [-0.4, -0.2) is 42.4 Å². The van der Waals surface area contributed by atoms with Crippen LogP contribution in [0.1, 0.15) is 19.4 Å². The molecule has 6 heteroatoms. The van der Waals surface area contributed by atoms with Gasteiger partial charge in [-0.2, -0.15) is 0 Å². The van der Waals surface area contributed by atoms with E-state index in [0.717, 1.165) is 22.0 Å². The topological polar surface area (TPSA) is 69.7 Å². The first-order chi connectivity index (χ1) is 12.3. The highest BCUT2D eigenvalue weighted by molar-refractivity contribution is 6.20. The summed E-state index contributed by atoms with van der Waals surface area (Å²) < 4.78 is 0. The van der Waals surface area contributed by atoms with E-state index in [-0.39, 0.29) is 19.0 Å². The third-order valence-corrected chi connectivity index (χ3v) is 5.43. The van der Waals surface area contributed by atoms with Gasteiger partial charge in [0.1, 0.15) is 5.41 Å². The lowest BCUT2D eigenvalue weighted by atomic mass is 9.73. The van der Waals surface area contributed by atoms with E-state index in [1.54, 1.807) is 13.8 Å². The lowest BCUT2D eigenvalue weighted by molar-refractivity contribution is -0.152. The van der Waals surface area contributed by atoms with Crippen molar-refractivity contribution in [1.82, 2.24) is 10.2 Å². The summed E-state index contributed by atoms with van der Waals surface area (Å²) in [7, 11) is 1.88. The molecule has 0 radical (unpaired) electrons. The highest BCUT2D eigenvalue weighted by Gasteiger charge is 2.56. The molecule has 0 bridgehead atoms. The number of fused-ring (bicyclic) bond motifs is 3. The predicted molar refractivity (Wildman–Crippen MR) is 98.9 cm³/mol. The maximum Gasteiger partial charge on any atom is 0.331 e. The zero-order valence-corrected chi connectivity index (χ0v) is 15.1. The Bertz CT molecular complexity index is 952. The van der Waals surface area contributed by atoms with Gasteiger partial charge in [0.2, 0.25) is 11.8 Å². The Morgan fingerprint density at radius 1 is 1.08 bits per heavy atom. The number of amides is 4. The van der Waals surface area contributed by atoms with Gasteiger partial charge in [0.25, 0.3) is 0 Å². The second kappa shape index (κ2) is 5.56. The van der Waals surface area contributed by atoms with Gasteiger partial charge < -0.3 is 4.90 Å². The summed E-state index contributed by atoms with van der Waals surface area (Å²) >= 11 is 0. The molecule has 1 saturated heterocycles. The fourth-order valence-electron chi connectivity index (χ4n) is 4.18. The predicted octanol–water partition coefficient (Wildman–Crippen LogP) is 2.31. The molecule has 0 aromatic heterocycles. The summed E-state index contributed by atoms with van der Waals surface area (Å²) in [6.07, 6.45) is 0.287. The molecule has 6 nitrogen and oxygen atoms in total. The third-order valence-electron chi connectivity index (χ3n) is 5.43. The van der Waals surface area contributed by atoms with E-state index < -0.39 is 23.3 Å². The van der Waals surface area contributed by atoms with E-state index >= 15 is 0 Å². The van der Waals surface area contributed by atoms with Crippen molar-refractivity contribution < 1.29 is 14.4 Å². The minimum absolute atomic E-state index is 0.250. The van der Waals surface area contributed by atoms with Gasteiger partial charge in [0.15, 0.2) is 0 Å². The van der Waals surface area contributed by atoms with Crippen LogP contribution in [0.15, 0.2) is 36.4 Å². The molecule has 2 aliphatic heterocycles. The number of barbiturate groups is 1. The molecule has 1 fully saturated rings. The van der Waals surface area contributed by atoms with Crippen LogP contribution < -0.4 is 10.2 Å². The summed E-state index contributed by atoms with van der Waals surface area (Å²) in [6.45, 7) is 3.80. The summed E-state index contributed by atoms with van der Waals surface area (Å²) in [6, 6.07) is 11.1. The Balaban J connectivity index is 1.89. The molecule has 2 heterocycles. The maximum atomic E-state index is 13.3. The molecule has 4 amide bonds. The number of anilines is 1. The first-order valence-corrected chi connectivity index (χ1v) is 8.76. The van der Waals surface area contributed by atoms with E-state index in [2.05, 4.69) is 11.4 Å². The van der Waals surface area contributed by atoms with Gasteiger partial charge in [-0.25, -0.2) is 4.79 Å². The fourth-order valence-corrected chi connectivity index (χ4v) is 4.18. The number of benzene rings is 2. The molecule has 0 aliphatic carbocycles. The highest BCUT2D eigenvalue weighted by Crippen LogP contribution is 2.42. The standard InChI is InChI=1S/C20H21N3O3/c1-12(2)23-18(25)20(17(24)21-19(23)26)10-15-14-7-5-4-6-13(14)8-9-16(15)22(3)11-20/h4-9,12H,10-11H2,1-3H3,(H,21,24,26)/t20-/m1/s1. The number of hydrogen-bond acceptors (Lipinski definition) is 4. The zero-order chi connectivity index (χ0) is 18.6. The summed E-state index contributed by atoms with van der Waals surface area (Å²) in [5.74, 6) is -0.915. The number of carbonyl (C=O) groups excluding carboxylic acids is 3. The molecular formula is C20H21N3O3. The Kier molecular flexibility index (Phi) is 3.54. The number of nitrogens with one attached hydrogen (secondary N) is 1.